The first-order valence-electron chi connectivity index (χ1n) is 14.7. The number of aliphatic imine (C=N–C) groups is 2. The number of nitrogens with two attached hydrogens (primary N) is 6. The van der Waals surface area contributed by atoms with E-state index in [9.17, 15) is 24.3 Å². The van der Waals surface area contributed by atoms with Gasteiger partial charge in [-0.15, -0.1) is 0 Å². The van der Waals surface area contributed by atoms with E-state index >= 15 is 0 Å². The molecule has 0 saturated carbocycles. The maximum Gasteiger partial charge on any atom is 0.243 e. The third-order valence-corrected chi connectivity index (χ3v) is 6.83. The Morgan fingerprint density at radius 3 is 1.67 bits per heavy atom. The summed E-state index contributed by atoms with van der Waals surface area (Å²) in [4.78, 5) is 60.2. The third kappa shape index (κ3) is 13.9. The van der Waals surface area contributed by atoms with Crippen LogP contribution in [0, 0.1) is 0 Å². The molecule has 0 radical (unpaired) electrons. The molecular weight excluding hydrogens is 594 g/mol. The first-order valence-corrected chi connectivity index (χ1v) is 14.7. The predicted octanol–water partition coefficient (Wildman–Crippen LogP) is -2.45. The highest BCUT2D eigenvalue weighted by molar-refractivity contribution is 5.94. The highest BCUT2D eigenvalue weighted by Crippen LogP contribution is 2.13. The Balaban J connectivity index is 2.25. The number of amides is 4. The normalized spacial score (nSPS) is 13.2. The number of phenols is 1. The number of carbonyl (C=O) groups excluding carboxylic acids is 4. The summed E-state index contributed by atoms with van der Waals surface area (Å²) in [7, 11) is 0. The molecule has 0 aliphatic carbocycles. The Labute approximate surface area is 267 Å². The Bertz CT molecular complexity index is 1340. The molecule has 0 spiro atoms. The molecule has 0 aliphatic rings. The van der Waals surface area contributed by atoms with Gasteiger partial charge in [0.25, 0.3) is 0 Å². The molecule has 16 heteroatoms. The number of benzene rings is 2. The van der Waals surface area contributed by atoms with Crippen LogP contribution in [0.25, 0.3) is 0 Å². The van der Waals surface area contributed by atoms with Crippen LogP contribution >= 0.6 is 0 Å². The largest absolute Gasteiger partial charge is 0.508 e. The summed E-state index contributed by atoms with van der Waals surface area (Å²) >= 11 is 0. The second kappa shape index (κ2) is 19.1. The molecule has 0 saturated heterocycles. The molecule has 0 unspecified atom stereocenters. The molecule has 0 fully saturated rings. The van der Waals surface area contributed by atoms with Crippen LogP contribution in [0.3, 0.4) is 0 Å². The van der Waals surface area contributed by atoms with E-state index in [0.717, 1.165) is 5.56 Å². The minimum atomic E-state index is -1.19. The average Bonchev–Trinajstić information content (AvgIpc) is 3.01. The van der Waals surface area contributed by atoms with Crippen molar-refractivity contribution in [1.82, 2.24) is 16.0 Å². The Kier molecular flexibility index (Phi) is 15.3. The van der Waals surface area contributed by atoms with Crippen LogP contribution in [-0.4, -0.2) is 77.9 Å². The Morgan fingerprint density at radius 2 is 1.11 bits per heavy atom. The van der Waals surface area contributed by atoms with Crippen LogP contribution in [0.15, 0.2) is 64.6 Å². The first-order chi connectivity index (χ1) is 21.8. The van der Waals surface area contributed by atoms with Gasteiger partial charge in [0, 0.05) is 25.9 Å². The number of rotatable bonds is 19. The number of nitrogens with zero attached hydrogens (tertiary/aromatic N) is 2. The van der Waals surface area contributed by atoms with Crippen molar-refractivity contribution >= 4 is 35.5 Å². The topological polar surface area (TPSA) is 305 Å². The predicted molar refractivity (Wildman–Crippen MR) is 175 cm³/mol. The standard InChI is InChI=1S/C30H45N11O5/c31-21(8-4-14-37-29(33)34)26(44)39-22(9-5-15-38-30(35)36)27(45)41-24(17-19-10-12-20(42)13-11-19)28(46)40-23(25(32)43)16-18-6-2-1-3-7-18/h1-3,6-7,10-13,21-24,42H,4-5,8-9,14-17,31H2,(H2,32,43)(H,39,44)(H,40,46)(H,41,45)(H4,33,34,37)(H4,35,36,38)/t21-,22+,23+,24+/m1/s1. The fourth-order valence-corrected chi connectivity index (χ4v) is 4.40. The van der Waals surface area contributed by atoms with Gasteiger partial charge in [0.05, 0.1) is 6.04 Å². The van der Waals surface area contributed by atoms with Crippen LogP contribution in [0.4, 0.5) is 0 Å². The number of guanidine groups is 2. The van der Waals surface area contributed by atoms with Gasteiger partial charge in [-0.25, -0.2) is 0 Å². The summed E-state index contributed by atoms with van der Waals surface area (Å²) in [5, 5.41) is 17.7. The smallest absolute Gasteiger partial charge is 0.243 e. The Morgan fingerprint density at radius 1 is 0.630 bits per heavy atom. The van der Waals surface area contributed by atoms with Gasteiger partial charge < -0.3 is 55.5 Å². The van der Waals surface area contributed by atoms with Gasteiger partial charge in [0.15, 0.2) is 11.9 Å². The molecule has 0 aromatic heterocycles. The number of hydrogen-bond acceptors (Lipinski definition) is 8. The highest BCUT2D eigenvalue weighted by atomic mass is 16.3. The van der Waals surface area contributed by atoms with Crippen molar-refractivity contribution in [3.63, 3.8) is 0 Å². The molecule has 0 bridgehead atoms. The lowest BCUT2D eigenvalue weighted by Crippen LogP contribution is -2.58. The SMILES string of the molecule is NC(=O)[C@H](Cc1ccccc1)NC(=O)[C@H](Cc1ccc(O)cc1)NC(=O)[C@H](CCCN=C(N)N)NC(=O)[C@H](N)CCCN=C(N)N. The maximum absolute atomic E-state index is 13.6. The molecule has 16 nitrogen and oxygen atoms in total. The van der Waals surface area contributed by atoms with Gasteiger partial charge in [-0.05, 0) is 48.9 Å². The minimum absolute atomic E-state index is 0.00630. The minimum Gasteiger partial charge on any atom is -0.508 e. The number of hydrogen-bond donors (Lipinski definition) is 10. The third-order valence-electron chi connectivity index (χ3n) is 6.83. The molecule has 46 heavy (non-hydrogen) atoms. The second-order valence-electron chi connectivity index (χ2n) is 10.7. The van der Waals surface area contributed by atoms with Gasteiger partial charge in [-0.3, -0.25) is 29.2 Å². The van der Waals surface area contributed by atoms with Crippen molar-refractivity contribution in [3.8, 4) is 5.75 Å². The molecule has 0 aliphatic heterocycles. The number of carbonyl (C=O) groups is 4. The van der Waals surface area contributed by atoms with E-state index in [2.05, 4.69) is 25.9 Å². The van der Waals surface area contributed by atoms with E-state index in [1.807, 2.05) is 6.07 Å². The monoisotopic (exact) mass is 639 g/mol. The molecule has 2 aromatic rings. The van der Waals surface area contributed by atoms with Crippen molar-refractivity contribution in [3.05, 3.63) is 65.7 Å². The number of nitrogens with one attached hydrogen (secondary N) is 3. The van der Waals surface area contributed by atoms with E-state index in [4.69, 9.17) is 34.4 Å². The summed E-state index contributed by atoms with van der Waals surface area (Å²) in [6.45, 7) is 0.458. The van der Waals surface area contributed by atoms with Crippen LogP contribution in [0.1, 0.15) is 36.8 Å². The van der Waals surface area contributed by atoms with E-state index in [0.29, 0.717) is 18.4 Å². The molecule has 0 heterocycles. The van der Waals surface area contributed by atoms with Crippen molar-refractivity contribution < 1.29 is 24.3 Å². The van der Waals surface area contributed by atoms with Crippen LogP contribution in [0.2, 0.25) is 0 Å². The van der Waals surface area contributed by atoms with Gasteiger partial charge in [0.1, 0.15) is 23.9 Å². The summed E-state index contributed by atoms with van der Waals surface area (Å²) in [6, 6.07) is 10.7. The van der Waals surface area contributed by atoms with E-state index < -0.39 is 47.8 Å². The molecule has 2 rings (SSSR count). The molecule has 4 atom stereocenters. The van der Waals surface area contributed by atoms with E-state index in [1.54, 1.807) is 36.4 Å². The lowest BCUT2D eigenvalue weighted by molar-refractivity contribution is -0.133. The van der Waals surface area contributed by atoms with Crippen LogP contribution in [-0.2, 0) is 32.0 Å². The molecule has 250 valence electrons. The Hall–Kier alpha value is -5.38. The zero-order chi connectivity index (χ0) is 34.1. The maximum atomic E-state index is 13.6. The van der Waals surface area contributed by atoms with Crippen molar-refractivity contribution in [2.75, 3.05) is 13.1 Å². The summed E-state index contributed by atoms with van der Waals surface area (Å²) < 4.78 is 0. The second-order valence-corrected chi connectivity index (χ2v) is 10.7. The van der Waals surface area contributed by atoms with Crippen LogP contribution in [0.5, 0.6) is 5.75 Å². The number of primary amides is 1. The zero-order valence-electron chi connectivity index (χ0n) is 25.6. The van der Waals surface area contributed by atoms with Crippen molar-refractivity contribution in [2.24, 2.45) is 44.4 Å². The van der Waals surface area contributed by atoms with E-state index in [-0.39, 0.29) is 56.4 Å². The number of phenolic OH excluding ortho intramolecular Hbond substituents is 1. The van der Waals surface area contributed by atoms with Gasteiger partial charge >= 0.3 is 0 Å². The highest BCUT2D eigenvalue weighted by Gasteiger charge is 2.30. The lowest BCUT2D eigenvalue weighted by Gasteiger charge is -2.25. The molecule has 16 N–H and O–H groups in total. The summed E-state index contributed by atoms with van der Waals surface area (Å²) in [5.74, 6) is -2.90. The molecular formula is C30H45N11O5. The molecule has 4 amide bonds. The summed E-state index contributed by atoms with van der Waals surface area (Å²) in [6.07, 6.45) is 1.21. The quantitative estimate of drug-likeness (QED) is 0.0439. The van der Waals surface area contributed by atoms with Crippen LogP contribution < -0.4 is 50.4 Å². The first kappa shape index (κ1) is 36.8. The lowest BCUT2D eigenvalue weighted by atomic mass is 10.0. The van der Waals surface area contributed by atoms with Crippen molar-refractivity contribution in [1.29, 1.82) is 0 Å². The van der Waals surface area contributed by atoms with Crippen molar-refractivity contribution in [2.45, 2.75) is 62.7 Å². The summed E-state index contributed by atoms with van der Waals surface area (Å²) in [5.41, 5.74) is 34.5. The van der Waals surface area contributed by atoms with E-state index in [1.165, 1.54) is 12.1 Å². The fraction of sp³-hybridized carbons (Fsp3) is 0.400. The average molecular weight is 640 g/mol. The fourth-order valence-electron chi connectivity index (χ4n) is 4.40. The van der Waals surface area contributed by atoms with Gasteiger partial charge in [-0.2, -0.15) is 0 Å². The van der Waals surface area contributed by atoms with Gasteiger partial charge in [0.2, 0.25) is 23.6 Å². The zero-order valence-corrected chi connectivity index (χ0v) is 25.6. The van der Waals surface area contributed by atoms with Gasteiger partial charge in [-0.1, -0.05) is 42.5 Å². The molecule has 2 aromatic carbocycles. The number of aromatic hydroxyl groups is 1.